The van der Waals surface area contributed by atoms with Gasteiger partial charge in [0.1, 0.15) is 5.58 Å². The van der Waals surface area contributed by atoms with E-state index in [1.54, 1.807) is 12.3 Å². The minimum absolute atomic E-state index is 0.0613. The van der Waals surface area contributed by atoms with Crippen LogP contribution in [0.15, 0.2) is 47.1 Å². The standard InChI is InChI=1S/C15H14N4O2/c20-15(14-9-11-3-1-2-4-13(11)21-14)18-7-5-12(10-18)19-8-6-16-17-19/h1-4,6,8-9,12H,5,7,10H2. The SMILES string of the molecule is O=C(c1cc2ccccc2o1)N1CCC(n2ccnn2)C1. The Balaban J connectivity index is 1.55. The third-order valence-electron chi connectivity index (χ3n) is 3.90. The number of hydrogen-bond donors (Lipinski definition) is 0. The molecule has 1 aliphatic rings. The molecule has 1 aliphatic heterocycles. The summed E-state index contributed by atoms with van der Waals surface area (Å²) in [4.78, 5) is 14.3. The van der Waals surface area contributed by atoms with Crippen LogP contribution in [0.4, 0.5) is 0 Å². The number of carbonyl (C=O) groups is 1. The molecule has 1 amide bonds. The second-order valence-electron chi connectivity index (χ2n) is 5.23. The first-order chi connectivity index (χ1) is 10.3. The molecule has 0 radical (unpaired) electrons. The van der Waals surface area contributed by atoms with E-state index < -0.39 is 0 Å². The predicted octanol–water partition coefficient (Wildman–Crippen LogP) is 2.11. The van der Waals surface area contributed by atoms with Crippen LogP contribution in [0, 0.1) is 0 Å². The van der Waals surface area contributed by atoms with Crippen molar-refractivity contribution in [1.29, 1.82) is 0 Å². The Hall–Kier alpha value is -2.63. The van der Waals surface area contributed by atoms with E-state index in [0.717, 1.165) is 17.4 Å². The molecular formula is C15H14N4O2. The van der Waals surface area contributed by atoms with Gasteiger partial charge < -0.3 is 9.32 Å². The van der Waals surface area contributed by atoms with Gasteiger partial charge >= 0.3 is 0 Å². The maximum Gasteiger partial charge on any atom is 0.289 e. The Morgan fingerprint density at radius 2 is 2.24 bits per heavy atom. The van der Waals surface area contributed by atoms with E-state index >= 15 is 0 Å². The van der Waals surface area contributed by atoms with Gasteiger partial charge in [0.2, 0.25) is 0 Å². The average molecular weight is 282 g/mol. The second-order valence-corrected chi connectivity index (χ2v) is 5.23. The highest BCUT2D eigenvalue weighted by atomic mass is 16.3. The van der Waals surface area contributed by atoms with Crippen molar-refractivity contribution in [2.24, 2.45) is 0 Å². The van der Waals surface area contributed by atoms with Crippen molar-refractivity contribution in [2.45, 2.75) is 12.5 Å². The Kier molecular flexibility index (Phi) is 2.73. The number of para-hydroxylation sites is 1. The predicted molar refractivity (Wildman–Crippen MR) is 75.8 cm³/mol. The van der Waals surface area contributed by atoms with Gasteiger partial charge in [0.05, 0.1) is 12.2 Å². The smallest absolute Gasteiger partial charge is 0.289 e. The van der Waals surface area contributed by atoms with Crippen molar-refractivity contribution in [3.05, 3.63) is 48.5 Å². The van der Waals surface area contributed by atoms with Crippen molar-refractivity contribution < 1.29 is 9.21 Å². The summed E-state index contributed by atoms with van der Waals surface area (Å²) in [6.45, 7) is 1.35. The minimum atomic E-state index is -0.0613. The van der Waals surface area contributed by atoms with Gasteiger partial charge in [-0.3, -0.25) is 4.79 Å². The summed E-state index contributed by atoms with van der Waals surface area (Å²) >= 11 is 0. The molecule has 0 N–H and O–H groups in total. The zero-order chi connectivity index (χ0) is 14.2. The van der Waals surface area contributed by atoms with Crippen molar-refractivity contribution in [2.75, 3.05) is 13.1 Å². The van der Waals surface area contributed by atoms with Gasteiger partial charge in [-0.25, -0.2) is 4.68 Å². The zero-order valence-electron chi connectivity index (χ0n) is 11.3. The number of carbonyl (C=O) groups excluding carboxylic acids is 1. The van der Waals surface area contributed by atoms with Crippen LogP contribution >= 0.6 is 0 Å². The lowest BCUT2D eigenvalue weighted by Crippen LogP contribution is -2.28. The van der Waals surface area contributed by atoms with Gasteiger partial charge in [0.25, 0.3) is 5.91 Å². The van der Waals surface area contributed by atoms with E-state index in [9.17, 15) is 4.79 Å². The van der Waals surface area contributed by atoms with Gasteiger partial charge in [-0.1, -0.05) is 23.4 Å². The third-order valence-corrected chi connectivity index (χ3v) is 3.90. The number of hydrogen-bond acceptors (Lipinski definition) is 4. The van der Waals surface area contributed by atoms with Crippen LogP contribution < -0.4 is 0 Å². The van der Waals surface area contributed by atoms with Crippen LogP contribution in [0.1, 0.15) is 23.0 Å². The normalized spacial score (nSPS) is 18.5. The number of rotatable bonds is 2. The van der Waals surface area contributed by atoms with Crippen LogP contribution in [0.3, 0.4) is 0 Å². The summed E-state index contributed by atoms with van der Waals surface area (Å²) in [6, 6.07) is 9.65. The van der Waals surface area contributed by atoms with Crippen LogP contribution in [-0.4, -0.2) is 38.9 Å². The van der Waals surface area contributed by atoms with E-state index in [0.29, 0.717) is 18.8 Å². The summed E-state index contributed by atoms with van der Waals surface area (Å²) < 4.78 is 7.45. The molecule has 1 fully saturated rings. The summed E-state index contributed by atoms with van der Waals surface area (Å²) in [5.41, 5.74) is 0.743. The van der Waals surface area contributed by atoms with Gasteiger partial charge in [0.15, 0.2) is 5.76 Å². The summed E-state index contributed by atoms with van der Waals surface area (Å²) in [5.74, 6) is 0.337. The molecule has 0 aliphatic carbocycles. The first-order valence-corrected chi connectivity index (χ1v) is 6.95. The van der Waals surface area contributed by atoms with Gasteiger partial charge in [-0.2, -0.15) is 0 Å². The van der Waals surface area contributed by atoms with E-state index in [4.69, 9.17) is 4.42 Å². The highest BCUT2D eigenvalue weighted by Crippen LogP contribution is 2.25. The van der Waals surface area contributed by atoms with Crippen molar-refractivity contribution >= 4 is 16.9 Å². The van der Waals surface area contributed by atoms with Gasteiger partial charge in [-0.15, -0.1) is 5.10 Å². The molecule has 1 aromatic carbocycles. The highest BCUT2D eigenvalue weighted by Gasteiger charge is 2.30. The lowest BCUT2D eigenvalue weighted by Gasteiger charge is -2.14. The molecule has 0 saturated carbocycles. The molecule has 3 aromatic rings. The Bertz CT molecular complexity index is 745. The van der Waals surface area contributed by atoms with Gasteiger partial charge in [-0.05, 0) is 18.6 Å². The molecule has 6 heteroatoms. The quantitative estimate of drug-likeness (QED) is 0.722. The summed E-state index contributed by atoms with van der Waals surface area (Å²) in [7, 11) is 0. The molecular weight excluding hydrogens is 268 g/mol. The fourth-order valence-corrected chi connectivity index (χ4v) is 2.80. The molecule has 1 saturated heterocycles. The number of likely N-dealkylation sites (tertiary alicyclic amines) is 1. The minimum Gasteiger partial charge on any atom is -0.451 e. The highest BCUT2D eigenvalue weighted by molar-refractivity contribution is 5.96. The monoisotopic (exact) mass is 282 g/mol. The first kappa shape index (κ1) is 12.1. The maximum absolute atomic E-state index is 12.5. The van der Waals surface area contributed by atoms with Crippen molar-refractivity contribution in [3.63, 3.8) is 0 Å². The molecule has 6 nitrogen and oxygen atoms in total. The van der Waals surface area contributed by atoms with E-state index in [-0.39, 0.29) is 11.9 Å². The molecule has 3 heterocycles. The molecule has 0 bridgehead atoms. The Morgan fingerprint density at radius 3 is 3.05 bits per heavy atom. The van der Waals surface area contributed by atoms with Crippen LogP contribution in [0.5, 0.6) is 0 Å². The summed E-state index contributed by atoms with van der Waals surface area (Å²) in [5, 5.41) is 8.77. The molecule has 2 aromatic heterocycles. The summed E-state index contributed by atoms with van der Waals surface area (Å²) in [6.07, 6.45) is 4.37. The lowest BCUT2D eigenvalue weighted by atomic mass is 10.2. The Labute approximate surface area is 121 Å². The van der Waals surface area contributed by atoms with Crippen molar-refractivity contribution in [3.8, 4) is 0 Å². The fourth-order valence-electron chi connectivity index (χ4n) is 2.80. The molecule has 106 valence electrons. The number of aromatic nitrogens is 3. The molecule has 1 unspecified atom stereocenters. The molecule has 1 atom stereocenters. The zero-order valence-corrected chi connectivity index (χ0v) is 11.3. The third kappa shape index (κ3) is 2.08. The number of benzene rings is 1. The molecule has 21 heavy (non-hydrogen) atoms. The Morgan fingerprint density at radius 1 is 1.33 bits per heavy atom. The maximum atomic E-state index is 12.5. The van der Waals surface area contributed by atoms with E-state index in [1.807, 2.05) is 40.0 Å². The molecule has 4 rings (SSSR count). The molecule has 0 spiro atoms. The fraction of sp³-hybridized carbons (Fsp3) is 0.267. The van der Waals surface area contributed by atoms with Gasteiger partial charge in [0, 0.05) is 24.7 Å². The number of fused-ring (bicyclic) bond motifs is 1. The average Bonchev–Trinajstić information content (AvgIpc) is 3.24. The number of furan rings is 1. The van der Waals surface area contributed by atoms with E-state index in [1.165, 1.54) is 0 Å². The first-order valence-electron chi connectivity index (χ1n) is 6.95. The topological polar surface area (TPSA) is 64.2 Å². The largest absolute Gasteiger partial charge is 0.451 e. The number of amides is 1. The van der Waals surface area contributed by atoms with E-state index in [2.05, 4.69) is 10.3 Å². The van der Waals surface area contributed by atoms with Crippen LogP contribution in [0.2, 0.25) is 0 Å². The van der Waals surface area contributed by atoms with Crippen molar-refractivity contribution in [1.82, 2.24) is 19.9 Å². The van der Waals surface area contributed by atoms with Crippen LogP contribution in [-0.2, 0) is 0 Å². The number of nitrogens with zero attached hydrogens (tertiary/aromatic N) is 4. The lowest BCUT2D eigenvalue weighted by molar-refractivity contribution is 0.0757. The van der Waals surface area contributed by atoms with Crippen LogP contribution in [0.25, 0.3) is 11.0 Å². The second kappa shape index (κ2) is 4.73.